The highest BCUT2D eigenvalue weighted by Crippen LogP contribution is 2.34. The number of aliphatic hydroxyl groups is 1. The Labute approximate surface area is 107 Å². The van der Waals surface area contributed by atoms with Crippen molar-refractivity contribution in [1.29, 1.82) is 0 Å². The average molecular weight is 250 g/mol. The second-order valence-electron chi connectivity index (χ2n) is 5.15. The number of aryl methyl sites for hydroxylation is 1. The van der Waals surface area contributed by atoms with Crippen molar-refractivity contribution in [2.24, 2.45) is 0 Å². The summed E-state index contributed by atoms with van der Waals surface area (Å²) in [5.41, 5.74) is 1.40. The van der Waals surface area contributed by atoms with Gasteiger partial charge in [-0.25, -0.2) is 4.79 Å². The second kappa shape index (κ2) is 4.61. The van der Waals surface area contributed by atoms with Gasteiger partial charge in [-0.1, -0.05) is 12.1 Å². The molecule has 1 aliphatic heterocycles. The quantitative estimate of drug-likeness (QED) is 0.816. The van der Waals surface area contributed by atoms with Crippen LogP contribution in [0.15, 0.2) is 18.2 Å². The summed E-state index contributed by atoms with van der Waals surface area (Å²) in [5, 5.41) is 9.79. The summed E-state index contributed by atoms with van der Waals surface area (Å²) < 4.78 is 10.4. The number of carbonyl (C=O) groups is 1. The van der Waals surface area contributed by atoms with Gasteiger partial charge in [0.2, 0.25) is 0 Å². The third kappa shape index (κ3) is 2.48. The van der Waals surface area contributed by atoms with Gasteiger partial charge in [0.15, 0.2) is 6.10 Å². The topological polar surface area (TPSA) is 55.8 Å². The molecule has 0 aliphatic carbocycles. The number of benzene rings is 1. The molecule has 1 aromatic rings. The van der Waals surface area contributed by atoms with Gasteiger partial charge in [0, 0.05) is 0 Å². The van der Waals surface area contributed by atoms with Crippen molar-refractivity contribution < 1.29 is 19.4 Å². The smallest absolute Gasteiger partial charge is 0.339 e. The van der Waals surface area contributed by atoms with E-state index >= 15 is 0 Å². The van der Waals surface area contributed by atoms with Gasteiger partial charge >= 0.3 is 5.97 Å². The minimum absolute atomic E-state index is 0.207. The van der Waals surface area contributed by atoms with E-state index in [-0.39, 0.29) is 5.60 Å². The van der Waals surface area contributed by atoms with Crippen molar-refractivity contribution in [3.63, 3.8) is 0 Å². The van der Waals surface area contributed by atoms with Crippen molar-refractivity contribution in [2.75, 3.05) is 7.11 Å². The van der Waals surface area contributed by atoms with Gasteiger partial charge in [-0.05, 0) is 43.9 Å². The largest absolute Gasteiger partial charge is 0.488 e. The number of carbonyl (C=O) groups excluding carboxylic acids is 1. The highest BCUT2D eigenvalue weighted by atomic mass is 16.5. The number of fused-ring (bicyclic) bond motifs is 1. The Kier molecular flexibility index (Phi) is 3.30. The maximum Gasteiger partial charge on any atom is 0.339 e. The lowest BCUT2D eigenvalue weighted by atomic mass is 9.93. The molecule has 0 amide bonds. The molecule has 1 heterocycles. The minimum atomic E-state index is -1.26. The Bertz CT molecular complexity index is 465. The zero-order chi connectivity index (χ0) is 13.3. The van der Waals surface area contributed by atoms with Crippen molar-refractivity contribution in [3.8, 4) is 5.75 Å². The highest BCUT2D eigenvalue weighted by molar-refractivity contribution is 5.76. The molecule has 1 aliphatic rings. The summed E-state index contributed by atoms with van der Waals surface area (Å²) >= 11 is 0. The van der Waals surface area contributed by atoms with Crippen LogP contribution < -0.4 is 4.74 Å². The Hall–Kier alpha value is -1.55. The second-order valence-corrected chi connectivity index (χ2v) is 5.15. The van der Waals surface area contributed by atoms with Gasteiger partial charge in [-0.2, -0.15) is 0 Å². The van der Waals surface area contributed by atoms with E-state index in [9.17, 15) is 9.90 Å². The standard InChI is InChI=1S/C14H18O4/c1-14(2)7-6-9-4-5-10(8-11(9)18-14)12(15)13(16)17-3/h4-5,8,12,15H,6-7H2,1-3H3. The average Bonchev–Trinajstić information content (AvgIpc) is 2.35. The number of ether oxygens (including phenoxy) is 2. The Morgan fingerprint density at radius 2 is 2.22 bits per heavy atom. The number of aliphatic hydroxyl groups excluding tert-OH is 1. The number of esters is 1. The van der Waals surface area contributed by atoms with Crippen LogP contribution in [0.2, 0.25) is 0 Å². The zero-order valence-electron chi connectivity index (χ0n) is 10.9. The summed E-state index contributed by atoms with van der Waals surface area (Å²) in [6.45, 7) is 4.05. The normalized spacial score (nSPS) is 18.4. The van der Waals surface area contributed by atoms with E-state index in [4.69, 9.17) is 4.74 Å². The summed E-state index contributed by atoms with van der Waals surface area (Å²) in [5.74, 6) is 0.0803. The lowest BCUT2D eigenvalue weighted by molar-refractivity contribution is -0.150. The molecule has 0 fully saturated rings. The molecule has 0 aromatic heterocycles. The van der Waals surface area contributed by atoms with Gasteiger partial charge in [0.05, 0.1) is 7.11 Å². The monoisotopic (exact) mass is 250 g/mol. The van der Waals surface area contributed by atoms with Gasteiger partial charge in [0.1, 0.15) is 11.4 Å². The van der Waals surface area contributed by atoms with Gasteiger partial charge in [-0.15, -0.1) is 0 Å². The minimum Gasteiger partial charge on any atom is -0.488 e. The van der Waals surface area contributed by atoms with Gasteiger partial charge in [0.25, 0.3) is 0 Å². The summed E-state index contributed by atoms with van der Waals surface area (Å²) in [7, 11) is 1.25. The first kappa shape index (κ1) is 12.9. The first-order valence-electron chi connectivity index (χ1n) is 6.01. The van der Waals surface area contributed by atoms with Crippen molar-refractivity contribution in [1.82, 2.24) is 0 Å². The van der Waals surface area contributed by atoms with Crippen LogP contribution in [-0.4, -0.2) is 23.8 Å². The molecule has 4 nitrogen and oxygen atoms in total. The molecule has 4 heteroatoms. The van der Waals surface area contributed by atoms with E-state index in [1.807, 2.05) is 19.9 Å². The van der Waals surface area contributed by atoms with E-state index in [1.54, 1.807) is 12.1 Å². The Balaban J connectivity index is 2.29. The Morgan fingerprint density at radius 1 is 1.50 bits per heavy atom. The number of rotatable bonds is 2. The molecule has 0 saturated heterocycles. The SMILES string of the molecule is COC(=O)C(O)c1ccc2c(c1)OC(C)(C)CC2. The van der Waals surface area contributed by atoms with E-state index in [0.717, 1.165) is 24.2 Å². The fraction of sp³-hybridized carbons (Fsp3) is 0.500. The third-order valence-electron chi connectivity index (χ3n) is 3.21. The summed E-state index contributed by atoms with van der Waals surface area (Å²) in [6.07, 6.45) is 0.643. The van der Waals surface area contributed by atoms with Crippen LogP contribution in [0.3, 0.4) is 0 Å². The molecule has 98 valence electrons. The molecule has 0 spiro atoms. The van der Waals surface area contributed by atoms with Gasteiger partial charge < -0.3 is 14.6 Å². The molecule has 0 bridgehead atoms. The van der Waals surface area contributed by atoms with Crippen LogP contribution in [0, 0.1) is 0 Å². The molecular weight excluding hydrogens is 232 g/mol. The number of hydrogen-bond donors (Lipinski definition) is 1. The van der Waals surface area contributed by atoms with Crippen LogP contribution >= 0.6 is 0 Å². The Morgan fingerprint density at radius 3 is 2.89 bits per heavy atom. The van der Waals surface area contributed by atoms with Crippen molar-refractivity contribution in [3.05, 3.63) is 29.3 Å². The maximum absolute atomic E-state index is 11.3. The van der Waals surface area contributed by atoms with Crippen LogP contribution in [-0.2, 0) is 16.0 Å². The van der Waals surface area contributed by atoms with E-state index in [2.05, 4.69) is 4.74 Å². The first-order valence-corrected chi connectivity index (χ1v) is 6.01. The fourth-order valence-electron chi connectivity index (χ4n) is 2.07. The van der Waals surface area contributed by atoms with Gasteiger partial charge in [-0.3, -0.25) is 0 Å². The lowest BCUT2D eigenvalue weighted by Crippen LogP contribution is -2.32. The molecule has 2 rings (SSSR count). The van der Waals surface area contributed by atoms with Crippen LogP contribution in [0.4, 0.5) is 0 Å². The van der Waals surface area contributed by atoms with Crippen LogP contribution in [0.5, 0.6) is 5.75 Å². The number of hydrogen-bond acceptors (Lipinski definition) is 4. The van der Waals surface area contributed by atoms with Crippen LogP contribution in [0.1, 0.15) is 37.5 Å². The van der Waals surface area contributed by atoms with E-state index < -0.39 is 12.1 Å². The number of methoxy groups -OCH3 is 1. The molecule has 1 aromatic carbocycles. The molecule has 0 saturated carbocycles. The fourth-order valence-corrected chi connectivity index (χ4v) is 2.07. The molecule has 0 radical (unpaired) electrons. The summed E-state index contributed by atoms with van der Waals surface area (Å²) in [4.78, 5) is 11.3. The molecule has 1 N–H and O–H groups in total. The van der Waals surface area contributed by atoms with E-state index in [1.165, 1.54) is 7.11 Å². The van der Waals surface area contributed by atoms with Crippen LogP contribution in [0.25, 0.3) is 0 Å². The predicted molar refractivity (Wildman–Crippen MR) is 66.4 cm³/mol. The maximum atomic E-state index is 11.3. The molecule has 18 heavy (non-hydrogen) atoms. The molecule has 1 atom stereocenters. The predicted octanol–water partition coefficient (Wildman–Crippen LogP) is 2.00. The molecular formula is C14H18O4. The van der Waals surface area contributed by atoms with Crippen molar-refractivity contribution >= 4 is 5.97 Å². The van der Waals surface area contributed by atoms with E-state index in [0.29, 0.717) is 5.56 Å². The molecule has 1 unspecified atom stereocenters. The first-order chi connectivity index (χ1) is 8.43. The third-order valence-corrected chi connectivity index (χ3v) is 3.21. The zero-order valence-corrected chi connectivity index (χ0v) is 10.9. The lowest BCUT2D eigenvalue weighted by Gasteiger charge is -2.33. The van der Waals surface area contributed by atoms with Crippen molar-refractivity contribution in [2.45, 2.75) is 38.4 Å². The summed E-state index contributed by atoms with van der Waals surface area (Å²) in [6, 6.07) is 5.35. The highest BCUT2D eigenvalue weighted by Gasteiger charge is 2.28.